The van der Waals surface area contributed by atoms with Crippen LogP contribution in [-0.4, -0.2) is 47.0 Å². The minimum atomic E-state index is -0.797. The SMILES string of the molecule is CC(C)OC(=O)NC(=O)C1CCSC1NC(=O)C1=CC(=O)C2CCCCC2O1. The summed E-state index contributed by atoms with van der Waals surface area (Å²) in [5, 5.41) is 4.49. The fourth-order valence-electron chi connectivity index (χ4n) is 3.75. The van der Waals surface area contributed by atoms with E-state index < -0.39 is 29.2 Å². The molecule has 28 heavy (non-hydrogen) atoms. The van der Waals surface area contributed by atoms with Crippen LogP contribution < -0.4 is 10.6 Å². The second kappa shape index (κ2) is 8.98. The molecular formula is C19H26N2O6S. The molecule has 2 fully saturated rings. The van der Waals surface area contributed by atoms with Gasteiger partial charge in [-0.3, -0.25) is 19.7 Å². The molecule has 9 heteroatoms. The average Bonchev–Trinajstić information content (AvgIpc) is 3.09. The molecule has 0 aromatic carbocycles. The van der Waals surface area contributed by atoms with E-state index in [0.29, 0.717) is 12.2 Å². The van der Waals surface area contributed by atoms with E-state index >= 15 is 0 Å². The number of rotatable bonds is 4. The zero-order valence-electron chi connectivity index (χ0n) is 16.1. The monoisotopic (exact) mass is 410 g/mol. The fraction of sp³-hybridized carbons (Fsp3) is 0.684. The molecule has 2 aliphatic heterocycles. The molecular weight excluding hydrogens is 384 g/mol. The number of carbonyl (C=O) groups is 4. The second-order valence-corrected chi connectivity index (χ2v) is 8.81. The molecule has 0 aromatic heterocycles. The van der Waals surface area contributed by atoms with Gasteiger partial charge in [0.1, 0.15) is 6.10 Å². The molecule has 0 spiro atoms. The van der Waals surface area contributed by atoms with Gasteiger partial charge in [-0.2, -0.15) is 0 Å². The van der Waals surface area contributed by atoms with Crippen LogP contribution in [0.25, 0.3) is 0 Å². The lowest BCUT2D eigenvalue weighted by molar-refractivity contribution is -0.133. The van der Waals surface area contributed by atoms with Gasteiger partial charge in [0.15, 0.2) is 11.5 Å². The Morgan fingerprint density at radius 3 is 2.71 bits per heavy atom. The van der Waals surface area contributed by atoms with Crippen LogP contribution in [0.4, 0.5) is 4.79 Å². The predicted octanol–water partition coefficient (Wildman–Crippen LogP) is 1.88. The summed E-state index contributed by atoms with van der Waals surface area (Å²) in [6.45, 7) is 3.38. The third-order valence-corrected chi connectivity index (χ3v) is 6.39. The number of imide groups is 1. The summed E-state index contributed by atoms with van der Waals surface area (Å²) in [6.07, 6.45) is 3.97. The van der Waals surface area contributed by atoms with Crippen molar-refractivity contribution in [2.75, 3.05) is 5.75 Å². The number of carbonyl (C=O) groups excluding carboxylic acids is 4. The Hall–Kier alpha value is -2.03. The molecule has 4 atom stereocenters. The molecule has 1 saturated carbocycles. The summed E-state index contributed by atoms with van der Waals surface area (Å²) in [5.41, 5.74) is 0. The Bertz CT molecular complexity index is 692. The van der Waals surface area contributed by atoms with Crippen LogP contribution in [0.5, 0.6) is 0 Å². The number of allylic oxidation sites excluding steroid dienone is 1. The number of fused-ring (bicyclic) bond motifs is 1. The van der Waals surface area contributed by atoms with Crippen LogP contribution in [0.1, 0.15) is 46.0 Å². The molecule has 154 valence electrons. The van der Waals surface area contributed by atoms with Crippen molar-refractivity contribution in [2.45, 2.75) is 63.5 Å². The second-order valence-electron chi connectivity index (χ2n) is 7.56. The van der Waals surface area contributed by atoms with Gasteiger partial charge in [-0.15, -0.1) is 11.8 Å². The predicted molar refractivity (Wildman–Crippen MR) is 102 cm³/mol. The number of thioether (sulfide) groups is 1. The van der Waals surface area contributed by atoms with Gasteiger partial charge >= 0.3 is 6.09 Å². The largest absolute Gasteiger partial charge is 0.484 e. The van der Waals surface area contributed by atoms with E-state index in [0.717, 1.165) is 25.7 Å². The minimum absolute atomic E-state index is 0.0130. The first kappa shape index (κ1) is 20.7. The molecule has 3 amide bonds. The summed E-state index contributed by atoms with van der Waals surface area (Å²) in [5.74, 6) is -1.08. The van der Waals surface area contributed by atoms with Gasteiger partial charge in [0.05, 0.1) is 23.3 Å². The van der Waals surface area contributed by atoms with Crippen LogP contribution in [-0.2, 0) is 23.9 Å². The van der Waals surface area contributed by atoms with E-state index in [1.54, 1.807) is 13.8 Å². The van der Waals surface area contributed by atoms with Gasteiger partial charge < -0.3 is 14.8 Å². The van der Waals surface area contributed by atoms with Crippen molar-refractivity contribution in [3.63, 3.8) is 0 Å². The third-order valence-electron chi connectivity index (χ3n) is 5.11. The van der Waals surface area contributed by atoms with Crippen molar-refractivity contribution in [2.24, 2.45) is 11.8 Å². The maximum Gasteiger partial charge on any atom is 0.414 e. The number of alkyl carbamates (subject to hydrolysis) is 1. The highest BCUT2D eigenvalue weighted by molar-refractivity contribution is 8.00. The van der Waals surface area contributed by atoms with E-state index in [1.807, 2.05) is 0 Å². The topological polar surface area (TPSA) is 111 Å². The van der Waals surface area contributed by atoms with Crippen molar-refractivity contribution in [1.82, 2.24) is 10.6 Å². The van der Waals surface area contributed by atoms with E-state index in [-0.39, 0.29) is 29.7 Å². The van der Waals surface area contributed by atoms with E-state index in [2.05, 4.69) is 10.6 Å². The number of amides is 3. The van der Waals surface area contributed by atoms with Crippen molar-refractivity contribution in [3.05, 3.63) is 11.8 Å². The smallest absolute Gasteiger partial charge is 0.414 e. The first-order valence-electron chi connectivity index (χ1n) is 9.71. The van der Waals surface area contributed by atoms with Crippen molar-refractivity contribution in [1.29, 1.82) is 0 Å². The van der Waals surface area contributed by atoms with Gasteiger partial charge in [0.25, 0.3) is 5.91 Å². The van der Waals surface area contributed by atoms with Crippen LogP contribution in [0.2, 0.25) is 0 Å². The summed E-state index contributed by atoms with van der Waals surface area (Å²) in [7, 11) is 0. The quantitative estimate of drug-likeness (QED) is 0.728. The number of ether oxygens (including phenoxy) is 2. The van der Waals surface area contributed by atoms with Crippen LogP contribution >= 0.6 is 11.8 Å². The Labute approximate surface area is 168 Å². The maximum atomic E-state index is 12.6. The van der Waals surface area contributed by atoms with Crippen LogP contribution in [0, 0.1) is 11.8 Å². The van der Waals surface area contributed by atoms with Crippen molar-refractivity contribution < 1.29 is 28.7 Å². The third kappa shape index (κ3) is 4.87. The van der Waals surface area contributed by atoms with Gasteiger partial charge in [-0.25, -0.2) is 4.79 Å². The summed E-state index contributed by atoms with van der Waals surface area (Å²) < 4.78 is 10.7. The van der Waals surface area contributed by atoms with Gasteiger partial charge in [-0.1, -0.05) is 6.42 Å². The molecule has 3 aliphatic rings. The normalized spacial score (nSPS) is 29.4. The number of hydrogen-bond donors (Lipinski definition) is 2. The minimum Gasteiger partial charge on any atom is -0.484 e. The zero-order valence-corrected chi connectivity index (χ0v) is 16.9. The first-order valence-corrected chi connectivity index (χ1v) is 10.8. The Morgan fingerprint density at radius 2 is 1.96 bits per heavy atom. The lowest BCUT2D eigenvalue weighted by Crippen LogP contribution is -2.46. The standard InChI is InChI=1S/C19H26N2O6S/c1-10(2)26-19(25)21-16(23)12-7-8-28-18(12)20-17(24)15-9-13(22)11-5-3-4-6-14(11)27-15/h9-12,14,18H,3-8H2,1-2H3,(H,20,24)(H,21,23,25). The Balaban J connectivity index is 1.59. The molecule has 2 N–H and O–H groups in total. The lowest BCUT2D eigenvalue weighted by atomic mass is 9.82. The van der Waals surface area contributed by atoms with E-state index in [1.165, 1.54) is 17.8 Å². The van der Waals surface area contributed by atoms with Crippen LogP contribution in [0.3, 0.4) is 0 Å². The molecule has 0 aromatic rings. The summed E-state index contributed by atoms with van der Waals surface area (Å²) in [4.78, 5) is 48.9. The van der Waals surface area contributed by atoms with Gasteiger partial charge in [0.2, 0.25) is 5.91 Å². The fourth-order valence-corrected chi connectivity index (χ4v) is 5.08. The molecule has 1 saturated heterocycles. The highest BCUT2D eigenvalue weighted by Gasteiger charge is 2.40. The number of hydrogen-bond acceptors (Lipinski definition) is 7. The Morgan fingerprint density at radius 1 is 1.21 bits per heavy atom. The summed E-state index contributed by atoms with van der Waals surface area (Å²) in [6, 6.07) is 0. The van der Waals surface area contributed by atoms with Crippen LogP contribution in [0.15, 0.2) is 11.8 Å². The lowest BCUT2D eigenvalue weighted by Gasteiger charge is -2.34. The molecule has 0 radical (unpaired) electrons. The summed E-state index contributed by atoms with van der Waals surface area (Å²) >= 11 is 1.42. The first-order chi connectivity index (χ1) is 13.3. The van der Waals surface area contributed by atoms with Gasteiger partial charge in [-0.05, 0) is 45.3 Å². The van der Waals surface area contributed by atoms with E-state index in [9.17, 15) is 19.2 Å². The Kier molecular flexibility index (Phi) is 6.64. The molecule has 4 unspecified atom stereocenters. The van der Waals surface area contributed by atoms with E-state index in [4.69, 9.17) is 9.47 Å². The van der Waals surface area contributed by atoms with Crippen molar-refractivity contribution >= 4 is 35.5 Å². The molecule has 3 rings (SSSR count). The average molecular weight is 410 g/mol. The zero-order chi connectivity index (χ0) is 20.3. The molecule has 8 nitrogen and oxygen atoms in total. The maximum absolute atomic E-state index is 12.6. The van der Waals surface area contributed by atoms with Gasteiger partial charge in [0, 0.05) is 6.08 Å². The molecule has 0 bridgehead atoms. The number of ketones is 1. The molecule has 2 heterocycles. The highest BCUT2D eigenvalue weighted by atomic mass is 32.2. The molecule has 1 aliphatic carbocycles. The van der Waals surface area contributed by atoms with Crippen molar-refractivity contribution in [3.8, 4) is 0 Å². The highest BCUT2D eigenvalue weighted by Crippen LogP contribution is 2.34. The number of nitrogens with one attached hydrogen (secondary N) is 2.